The Kier molecular flexibility index (Phi) is 5.68. The third kappa shape index (κ3) is 3.79. The molecule has 4 nitrogen and oxygen atoms in total. The van der Waals surface area contributed by atoms with Crippen LogP contribution in [0.4, 0.5) is 0 Å². The Morgan fingerprint density at radius 2 is 1.94 bits per heavy atom. The first-order valence-corrected chi connectivity index (χ1v) is 13.6. The van der Waals surface area contributed by atoms with Crippen LogP contribution >= 0.6 is 46.3 Å². The van der Waals surface area contributed by atoms with E-state index in [2.05, 4.69) is 17.1 Å². The van der Waals surface area contributed by atoms with Gasteiger partial charge in [0.25, 0.3) is 0 Å². The molecule has 2 aliphatic carbocycles. The minimum Gasteiger partial charge on any atom is -0.493 e. The SMILES string of the molecule is COc1cc(C2c3sc(=O)[nH]c3SC3C4CCC(C4)C23)ccc1OCc1ccc(Cl)cc1Cl. The average Bonchev–Trinajstić information content (AvgIpc) is 3.51. The van der Waals surface area contributed by atoms with Crippen LogP contribution in [0.2, 0.25) is 10.0 Å². The van der Waals surface area contributed by atoms with Crippen LogP contribution < -0.4 is 14.3 Å². The predicted molar refractivity (Wildman–Crippen MR) is 135 cm³/mol. The molecule has 0 radical (unpaired) electrons. The molecule has 33 heavy (non-hydrogen) atoms. The minimum absolute atomic E-state index is 0.0385. The zero-order chi connectivity index (χ0) is 22.7. The molecule has 5 unspecified atom stereocenters. The third-order valence-corrected chi connectivity index (χ3v) is 10.6. The number of halogens is 2. The number of thiazole rings is 1. The summed E-state index contributed by atoms with van der Waals surface area (Å²) in [5.74, 6) is 3.65. The van der Waals surface area contributed by atoms with Crippen molar-refractivity contribution >= 4 is 46.3 Å². The lowest BCUT2D eigenvalue weighted by atomic mass is 9.75. The molecule has 5 atom stereocenters. The smallest absolute Gasteiger partial charge is 0.305 e. The van der Waals surface area contributed by atoms with E-state index in [4.69, 9.17) is 32.7 Å². The van der Waals surface area contributed by atoms with Crippen LogP contribution in [0.3, 0.4) is 0 Å². The minimum atomic E-state index is 0.0385. The highest BCUT2D eigenvalue weighted by molar-refractivity contribution is 8.00. The Morgan fingerprint density at radius 1 is 1.09 bits per heavy atom. The lowest BCUT2D eigenvalue weighted by Gasteiger charge is -2.40. The second-order valence-corrected chi connectivity index (χ2v) is 12.2. The summed E-state index contributed by atoms with van der Waals surface area (Å²) in [7, 11) is 1.67. The molecule has 2 saturated carbocycles. The van der Waals surface area contributed by atoms with E-state index in [1.807, 2.05) is 23.9 Å². The average molecular weight is 521 g/mol. The van der Waals surface area contributed by atoms with Gasteiger partial charge in [0.1, 0.15) is 6.61 Å². The Balaban J connectivity index is 1.33. The predicted octanol–water partition coefficient (Wildman–Crippen LogP) is 6.98. The number of hydrogen-bond donors (Lipinski definition) is 1. The van der Waals surface area contributed by atoms with Gasteiger partial charge in [-0.25, -0.2) is 0 Å². The molecule has 2 fully saturated rings. The number of rotatable bonds is 5. The summed E-state index contributed by atoms with van der Waals surface area (Å²) >= 11 is 15.6. The van der Waals surface area contributed by atoms with Crippen molar-refractivity contribution in [2.45, 2.75) is 42.1 Å². The largest absolute Gasteiger partial charge is 0.493 e. The van der Waals surface area contributed by atoms with E-state index in [9.17, 15) is 4.79 Å². The third-order valence-electron chi connectivity index (χ3n) is 7.41. The van der Waals surface area contributed by atoms with E-state index in [1.54, 1.807) is 19.2 Å². The summed E-state index contributed by atoms with van der Waals surface area (Å²) in [6, 6.07) is 11.6. The van der Waals surface area contributed by atoms with Crippen LogP contribution in [-0.2, 0) is 6.61 Å². The van der Waals surface area contributed by atoms with E-state index >= 15 is 0 Å². The van der Waals surface area contributed by atoms with Crippen LogP contribution in [-0.4, -0.2) is 17.3 Å². The first kappa shape index (κ1) is 21.9. The van der Waals surface area contributed by atoms with Gasteiger partial charge in [0, 0.05) is 31.7 Å². The normalized spacial score (nSPS) is 27.3. The molecule has 1 N–H and O–H groups in total. The van der Waals surface area contributed by atoms with Crippen molar-refractivity contribution in [1.29, 1.82) is 0 Å². The molecule has 8 heteroatoms. The molecule has 0 spiro atoms. The van der Waals surface area contributed by atoms with E-state index < -0.39 is 0 Å². The van der Waals surface area contributed by atoms with Crippen LogP contribution in [0.5, 0.6) is 11.5 Å². The maximum absolute atomic E-state index is 12.3. The number of fused-ring (bicyclic) bond motifs is 6. The Hall–Kier alpha value is -1.60. The van der Waals surface area contributed by atoms with Crippen molar-refractivity contribution in [3.05, 3.63) is 72.1 Å². The van der Waals surface area contributed by atoms with Crippen molar-refractivity contribution in [2.75, 3.05) is 7.11 Å². The van der Waals surface area contributed by atoms with Crippen molar-refractivity contribution in [3.8, 4) is 11.5 Å². The van der Waals surface area contributed by atoms with Crippen molar-refractivity contribution < 1.29 is 9.47 Å². The Morgan fingerprint density at radius 3 is 2.76 bits per heavy atom. The molecule has 2 heterocycles. The maximum Gasteiger partial charge on any atom is 0.305 e. The quantitative estimate of drug-likeness (QED) is 0.394. The van der Waals surface area contributed by atoms with E-state index in [0.717, 1.165) is 22.4 Å². The number of nitrogens with one attached hydrogen (secondary N) is 1. The van der Waals surface area contributed by atoms with E-state index in [1.165, 1.54) is 41.0 Å². The summed E-state index contributed by atoms with van der Waals surface area (Å²) in [6.45, 7) is 0.323. The molecule has 2 bridgehead atoms. The molecule has 2 aromatic carbocycles. The second kappa shape index (κ2) is 8.56. The number of benzene rings is 2. The van der Waals surface area contributed by atoms with Crippen LogP contribution in [0, 0.1) is 17.8 Å². The molecule has 3 aliphatic rings. The Labute approximate surface area is 210 Å². The van der Waals surface area contributed by atoms with Gasteiger partial charge >= 0.3 is 4.87 Å². The van der Waals surface area contributed by atoms with E-state index in [0.29, 0.717) is 39.3 Å². The highest BCUT2D eigenvalue weighted by Crippen LogP contribution is 2.63. The Bertz CT molecular complexity index is 1270. The molecule has 0 saturated heterocycles. The maximum atomic E-state index is 12.3. The van der Waals surface area contributed by atoms with Crippen LogP contribution in [0.25, 0.3) is 0 Å². The number of aromatic amines is 1. The number of ether oxygens (including phenoxy) is 2. The lowest BCUT2D eigenvalue weighted by molar-refractivity contribution is 0.282. The number of thioether (sulfide) groups is 1. The van der Waals surface area contributed by atoms with E-state index in [-0.39, 0.29) is 10.8 Å². The first-order chi connectivity index (χ1) is 16.0. The summed E-state index contributed by atoms with van der Waals surface area (Å²) in [5, 5.41) is 2.83. The van der Waals surface area contributed by atoms with Gasteiger partial charge in [-0.1, -0.05) is 46.7 Å². The fourth-order valence-corrected chi connectivity index (χ4v) is 9.37. The van der Waals surface area contributed by atoms with Crippen molar-refractivity contribution in [1.82, 2.24) is 4.98 Å². The van der Waals surface area contributed by atoms with Gasteiger partial charge in [0.2, 0.25) is 0 Å². The molecule has 3 aromatic rings. The van der Waals surface area contributed by atoms with Gasteiger partial charge in [0.05, 0.1) is 12.1 Å². The van der Waals surface area contributed by atoms with Gasteiger partial charge in [-0.05, 0) is 66.8 Å². The second-order valence-electron chi connectivity index (χ2n) is 9.11. The van der Waals surface area contributed by atoms with Crippen molar-refractivity contribution in [2.24, 2.45) is 17.8 Å². The number of aromatic nitrogens is 1. The molecule has 172 valence electrons. The summed E-state index contributed by atoms with van der Waals surface area (Å²) in [4.78, 5) is 16.6. The summed E-state index contributed by atoms with van der Waals surface area (Å²) < 4.78 is 11.8. The zero-order valence-electron chi connectivity index (χ0n) is 18.0. The number of hydrogen-bond acceptors (Lipinski definition) is 5. The van der Waals surface area contributed by atoms with Gasteiger partial charge < -0.3 is 14.5 Å². The topological polar surface area (TPSA) is 51.3 Å². The highest BCUT2D eigenvalue weighted by atomic mass is 35.5. The standard InChI is InChI=1S/C25H23Cl2NO3S2/c1-30-19-9-13(5-7-18(19)31-11-15-4-6-16(26)10-17(15)27)21-20-12-2-3-14(8-12)22(20)32-24-23(21)33-25(29)28-24/h4-7,9-10,12,14,20-22H,2-3,8,11H2,1H3,(H,28,29). The van der Waals surface area contributed by atoms with Crippen LogP contribution in [0.1, 0.15) is 41.2 Å². The number of H-pyrrole nitrogens is 1. The summed E-state index contributed by atoms with van der Waals surface area (Å²) in [6.07, 6.45) is 3.94. The molecule has 6 rings (SSSR count). The fourth-order valence-electron chi connectivity index (χ4n) is 6.01. The number of methoxy groups -OCH3 is 1. The molecular formula is C25H23Cl2NO3S2. The van der Waals surface area contributed by atoms with Gasteiger partial charge in [-0.15, -0.1) is 11.8 Å². The monoisotopic (exact) mass is 519 g/mol. The lowest BCUT2D eigenvalue weighted by Crippen LogP contribution is -2.33. The van der Waals surface area contributed by atoms with Crippen molar-refractivity contribution in [3.63, 3.8) is 0 Å². The molecule has 1 aliphatic heterocycles. The molecule has 0 amide bonds. The summed E-state index contributed by atoms with van der Waals surface area (Å²) in [5.41, 5.74) is 2.06. The fraction of sp³-hybridized carbons (Fsp3) is 0.400. The van der Waals surface area contributed by atoms with Gasteiger partial charge in [-0.2, -0.15) is 0 Å². The highest BCUT2D eigenvalue weighted by Gasteiger charge is 2.54. The first-order valence-electron chi connectivity index (χ1n) is 11.2. The molecular weight excluding hydrogens is 497 g/mol. The molecule has 1 aromatic heterocycles. The van der Waals surface area contributed by atoms with Gasteiger partial charge in [0.15, 0.2) is 11.5 Å². The zero-order valence-corrected chi connectivity index (χ0v) is 21.1. The van der Waals surface area contributed by atoms with Gasteiger partial charge in [-0.3, -0.25) is 4.79 Å². The van der Waals surface area contributed by atoms with Crippen LogP contribution in [0.15, 0.2) is 46.2 Å².